The van der Waals surface area contributed by atoms with Gasteiger partial charge in [0.1, 0.15) is 11.4 Å². The fraction of sp³-hybridized carbons (Fsp3) is 0.733. The van der Waals surface area contributed by atoms with Crippen LogP contribution in [0, 0.1) is 5.41 Å². The summed E-state index contributed by atoms with van der Waals surface area (Å²) >= 11 is 0. The van der Waals surface area contributed by atoms with E-state index in [9.17, 15) is 4.79 Å². The number of rotatable bonds is 1. The number of amidine groups is 1. The number of amides is 1. The minimum Gasteiger partial charge on any atom is -0.404 e. The predicted octanol–water partition coefficient (Wildman–Crippen LogP) is 1.45. The van der Waals surface area contributed by atoms with Crippen LogP contribution >= 0.6 is 0 Å². The Morgan fingerprint density at radius 1 is 1.35 bits per heavy atom. The number of hydrogen-bond donors (Lipinski definition) is 2. The molecule has 1 unspecified atom stereocenters. The van der Waals surface area contributed by atoms with Crippen molar-refractivity contribution in [1.29, 1.82) is 5.41 Å². The Labute approximate surface area is 120 Å². The molecule has 2 aliphatic heterocycles. The van der Waals surface area contributed by atoms with Crippen LogP contribution in [-0.4, -0.2) is 46.7 Å². The Morgan fingerprint density at radius 2 is 2.05 bits per heavy atom. The molecule has 0 radical (unpaired) electrons. The van der Waals surface area contributed by atoms with Crippen LogP contribution in [0.25, 0.3) is 0 Å². The fourth-order valence-corrected chi connectivity index (χ4v) is 4.24. The molecule has 3 rings (SSSR count). The molecule has 0 aromatic carbocycles. The summed E-state index contributed by atoms with van der Waals surface area (Å²) in [5.74, 6) is 0.667. The first kappa shape index (κ1) is 13.5. The van der Waals surface area contributed by atoms with Crippen molar-refractivity contribution in [3.05, 3.63) is 11.8 Å². The minimum atomic E-state index is -0.524. The number of nitrogens with zero attached hydrogens (tertiary/aromatic N) is 2. The molecule has 1 atom stereocenters. The molecule has 5 nitrogen and oxygen atoms in total. The zero-order valence-corrected chi connectivity index (χ0v) is 12.2. The Kier molecular flexibility index (Phi) is 3.22. The molecule has 0 aromatic rings. The Hall–Kier alpha value is -1.52. The van der Waals surface area contributed by atoms with Gasteiger partial charge in [-0.15, -0.1) is 0 Å². The third-order valence-electron chi connectivity index (χ3n) is 5.21. The summed E-state index contributed by atoms with van der Waals surface area (Å²) in [4.78, 5) is 16.8. The molecule has 0 bridgehead atoms. The van der Waals surface area contributed by atoms with Gasteiger partial charge in [-0.1, -0.05) is 12.8 Å². The van der Waals surface area contributed by atoms with Crippen LogP contribution in [0.3, 0.4) is 0 Å². The molecule has 1 aliphatic carbocycles. The van der Waals surface area contributed by atoms with Gasteiger partial charge in [0.15, 0.2) is 0 Å². The van der Waals surface area contributed by atoms with Crippen molar-refractivity contribution in [3.63, 3.8) is 0 Å². The first-order valence-electron chi connectivity index (χ1n) is 7.65. The third-order valence-corrected chi connectivity index (χ3v) is 5.21. The van der Waals surface area contributed by atoms with Crippen LogP contribution in [0.15, 0.2) is 11.8 Å². The second kappa shape index (κ2) is 4.79. The normalized spacial score (nSPS) is 34.0. The summed E-state index contributed by atoms with van der Waals surface area (Å²) < 4.78 is 0. The van der Waals surface area contributed by atoms with Crippen molar-refractivity contribution in [3.8, 4) is 0 Å². The number of carbonyl (C=O) groups is 1. The maximum absolute atomic E-state index is 12.8. The maximum Gasteiger partial charge on any atom is 0.248 e. The summed E-state index contributed by atoms with van der Waals surface area (Å²) in [6.45, 7) is 0.827. The SMILES string of the molecule is CN1CCCC2(C/C(=C/N)C(=N)N2C2CCCC2)C1=O. The molecule has 1 spiro atoms. The van der Waals surface area contributed by atoms with Gasteiger partial charge in [-0.2, -0.15) is 0 Å². The van der Waals surface area contributed by atoms with Crippen LogP contribution in [0.1, 0.15) is 44.9 Å². The van der Waals surface area contributed by atoms with Gasteiger partial charge in [0, 0.05) is 37.8 Å². The van der Waals surface area contributed by atoms with Gasteiger partial charge in [0.2, 0.25) is 5.91 Å². The summed E-state index contributed by atoms with van der Waals surface area (Å²) in [6, 6.07) is 0.343. The molecule has 1 saturated carbocycles. The van der Waals surface area contributed by atoms with E-state index in [1.807, 2.05) is 11.9 Å². The Balaban J connectivity index is 2.01. The predicted molar refractivity (Wildman–Crippen MR) is 78.3 cm³/mol. The summed E-state index contributed by atoms with van der Waals surface area (Å²) in [5.41, 5.74) is 6.01. The minimum absolute atomic E-state index is 0.178. The molecule has 5 heteroatoms. The van der Waals surface area contributed by atoms with Crippen molar-refractivity contribution in [2.24, 2.45) is 5.73 Å². The van der Waals surface area contributed by atoms with Gasteiger partial charge in [-0.05, 0) is 25.7 Å². The standard InChI is InChI=1S/C15H24N4O/c1-18-8-4-7-15(14(18)20)9-11(10-16)13(17)19(15)12-5-2-3-6-12/h10,12,17H,2-9,16H2,1H3/b11-10-,17-13?. The molecule has 110 valence electrons. The number of nitrogens with two attached hydrogens (primary N) is 1. The number of likely N-dealkylation sites (N-methyl/N-ethyl adjacent to an activating group) is 1. The highest BCUT2D eigenvalue weighted by atomic mass is 16.2. The molecule has 3 N–H and O–H groups in total. The summed E-state index contributed by atoms with van der Waals surface area (Å²) in [7, 11) is 1.88. The van der Waals surface area contributed by atoms with Gasteiger partial charge >= 0.3 is 0 Å². The Bertz CT molecular complexity index is 466. The van der Waals surface area contributed by atoms with Gasteiger partial charge in [0.25, 0.3) is 0 Å². The average Bonchev–Trinajstić information content (AvgIpc) is 3.03. The van der Waals surface area contributed by atoms with E-state index < -0.39 is 5.54 Å². The van der Waals surface area contributed by atoms with Gasteiger partial charge < -0.3 is 15.5 Å². The summed E-state index contributed by atoms with van der Waals surface area (Å²) in [5, 5.41) is 8.45. The zero-order valence-electron chi connectivity index (χ0n) is 12.2. The number of carbonyl (C=O) groups excluding carboxylic acids is 1. The number of nitrogens with one attached hydrogen (secondary N) is 1. The molecule has 3 aliphatic rings. The van der Waals surface area contributed by atoms with Crippen LogP contribution in [0.5, 0.6) is 0 Å². The number of hydrogen-bond acceptors (Lipinski definition) is 3. The highest BCUT2D eigenvalue weighted by Gasteiger charge is 2.56. The molecule has 1 amide bonds. The molecule has 2 saturated heterocycles. The van der Waals surface area contributed by atoms with Crippen molar-refractivity contribution in [2.45, 2.75) is 56.5 Å². The zero-order chi connectivity index (χ0) is 14.3. The van der Waals surface area contributed by atoms with Crippen LogP contribution in [0.4, 0.5) is 0 Å². The molecule has 3 fully saturated rings. The van der Waals surface area contributed by atoms with Crippen LogP contribution < -0.4 is 5.73 Å². The Morgan fingerprint density at radius 3 is 2.70 bits per heavy atom. The highest BCUT2D eigenvalue weighted by molar-refractivity contribution is 6.05. The quantitative estimate of drug-likeness (QED) is 0.761. The maximum atomic E-state index is 12.8. The van der Waals surface area contributed by atoms with Gasteiger partial charge in [0.05, 0.1) is 0 Å². The van der Waals surface area contributed by atoms with Crippen LogP contribution in [0.2, 0.25) is 0 Å². The average molecular weight is 276 g/mol. The molecule has 0 aromatic heterocycles. The lowest BCUT2D eigenvalue weighted by atomic mass is 9.84. The smallest absolute Gasteiger partial charge is 0.248 e. The highest BCUT2D eigenvalue weighted by Crippen LogP contribution is 2.44. The van der Waals surface area contributed by atoms with Gasteiger partial charge in [-0.25, -0.2) is 0 Å². The molecule has 20 heavy (non-hydrogen) atoms. The second-order valence-corrected chi connectivity index (χ2v) is 6.39. The number of likely N-dealkylation sites (tertiary alicyclic amines) is 2. The van der Waals surface area contributed by atoms with E-state index in [2.05, 4.69) is 4.90 Å². The van der Waals surface area contributed by atoms with E-state index in [1.54, 1.807) is 0 Å². The monoisotopic (exact) mass is 276 g/mol. The molecular formula is C15H24N4O. The fourth-order valence-electron chi connectivity index (χ4n) is 4.24. The van der Waals surface area contributed by atoms with Gasteiger partial charge in [-0.3, -0.25) is 10.2 Å². The van der Waals surface area contributed by atoms with E-state index >= 15 is 0 Å². The van der Waals surface area contributed by atoms with E-state index in [0.29, 0.717) is 18.3 Å². The molecule has 2 heterocycles. The van der Waals surface area contributed by atoms with Crippen molar-refractivity contribution in [2.75, 3.05) is 13.6 Å². The van der Waals surface area contributed by atoms with E-state index in [1.165, 1.54) is 19.0 Å². The van der Waals surface area contributed by atoms with E-state index in [-0.39, 0.29) is 5.91 Å². The first-order chi connectivity index (χ1) is 9.60. The van der Waals surface area contributed by atoms with E-state index in [0.717, 1.165) is 37.8 Å². The van der Waals surface area contributed by atoms with Crippen molar-refractivity contribution >= 4 is 11.7 Å². The first-order valence-corrected chi connectivity index (χ1v) is 7.65. The second-order valence-electron chi connectivity index (χ2n) is 6.39. The molecular weight excluding hydrogens is 252 g/mol. The third kappa shape index (κ3) is 1.75. The lowest BCUT2D eigenvalue weighted by Gasteiger charge is -2.46. The topological polar surface area (TPSA) is 73.4 Å². The van der Waals surface area contributed by atoms with Crippen molar-refractivity contribution in [1.82, 2.24) is 9.80 Å². The van der Waals surface area contributed by atoms with Crippen molar-refractivity contribution < 1.29 is 4.79 Å². The lowest BCUT2D eigenvalue weighted by molar-refractivity contribution is -0.145. The largest absolute Gasteiger partial charge is 0.404 e. The summed E-state index contributed by atoms with van der Waals surface area (Å²) in [6.07, 6.45) is 8.61. The number of piperidine rings is 1. The van der Waals surface area contributed by atoms with Crippen LogP contribution in [-0.2, 0) is 4.79 Å². The lowest BCUT2D eigenvalue weighted by Crippen LogP contribution is -2.61. The van der Waals surface area contributed by atoms with E-state index in [4.69, 9.17) is 11.1 Å².